The van der Waals surface area contributed by atoms with Crippen LogP contribution in [0.25, 0.3) is 10.9 Å². The van der Waals surface area contributed by atoms with Crippen LogP contribution in [0.15, 0.2) is 54.6 Å². The molecule has 6 heteroatoms. The summed E-state index contributed by atoms with van der Waals surface area (Å²) < 4.78 is 5.66. The number of pyridine rings is 1. The zero-order chi connectivity index (χ0) is 20.2. The zero-order valence-corrected chi connectivity index (χ0v) is 17.3. The SMILES string of the molecule is Cc1cc(N2CCN(CC(O)COc3ccc(Cl)cc3)CC2)c2ccccc2n1. The van der Waals surface area contributed by atoms with E-state index in [0.29, 0.717) is 11.6 Å². The van der Waals surface area contributed by atoms with Crippen LogP contribution in [0.5, 0.6) is 5.75 Å². The first kappa shape index (κ1) is 20.0. The second-order valence-electron chi connectivity index (χ2n) is 7.51. The summed E-state index contributed by atoms with van der Waals surface area (Å²) in [5, 5.41) is 12.2. The van der Waals surface area contributed by atoms with E-state index >= 15 is 0 Å². The summed E-state index contributed by atoms with van der Waals surface area (Å²) in [4.78, 5) is 9.36. The second-order valence-corrected chi connectivity index (χ2v) is 7.94. The van der Waals surface area contributed by atoms with Gasteiger partial charge < -0.3 is 14.7 Å². The van der Waals surface area contributed by atoms with Crippen LogP contribution >= 0.6 is 11.6 Å². The third-order valence-corrected chi connectivity index (χ3v) is 5.51. The molecule has 1 aromatic heterocycles. The summed E-state index contributed by atoms with van der Waals surface area (Å²) in [7, 11) is 0. The Hall–Kier alpha value is -2.34. The van der Waals surface area contributed by atoms with Gasteiger partial charge in [-0.3, -0.25) is 9.88 Å². The molecule has 1 aliphatic rings. The lowest BCUT2D eigenvalue weighted by atomic mass is 10.1. The van der Waals surface area contributed by atoms with Crippen molar-refractivity contribution in [2.75, 3.05) is 44.2 Å². The highest BCUT2D eigenvalue weighted by atomic mass is 35.5. The Kier molecular flexibility index (Phi) is 6.19. The van der Waals surface area contributed by atoms with Gasteiger partial charge in [0.05, 0.1) is 5.52 Å². The number of ether oxygens (including phenoxy) is 1. The zero-order valence-electron chi connectivity index (χ0n) is 16.6. The predicted molar refractivity (Wildman–Crippen MR) is 118 cm³/mol. The molecule has 1 fully saturated rings. The number of rotatable bonds is 6. The number of hydrogen-bond donors (Lipinski definition) is 1. The highest BCUT2D eigenvalue weighted by molar-refractivity contribution is 6.30. The smallest absolute Gasteiger partial charge is 0.119 e. The molecule has 1 atom stereocenters. The van der Waals surface area contributed by atoms with Crippen LogP contribution in [0.1, 0.15) is 5.69 Å². The summed E-state index contributed by atoms with van der Waals surface area (Å²) in [6.07, 6.45) is -0.527. The number of hydrogen-bond acceptors (Lipinski definition) is 5. The summed E-state index contributed by atoms with van der Waals surface area (Å²) in [6.45, 7) is 6.61. The largest absolute Gasteiger partial charge is 0.491 e. The first-order valence-electron chi connectivity index (χ1n) is 9.98. The first-order chi connectivity index (χ1) is 14.1. The van der Waals surface area contributed by atoms with Crippen LogP contribution < -0.4 is 9.64 Å². The molecule has 29 heavy (non-hydrogen) atoms. The summed E-state index contributed by atoms with van der Waals surface area (Å²) >= 11 is 5.88. The van der Waals surface area contributed by atoms with Crippen LogP contribution in [0.4, 0.5) is 5.69 Å². The number of nitrogens with zero attached hydrogens (tertiary/aromatic N) is 3. The number of halogens is 1. The average molecular weight is 412 g/mol. The van der Waals surface area contributed by atoms with Gasteiger partial charge in [-0.2, -0.15) is 0 Å². The topological polar surface area (TPSA) is 48.8 Å². The second kappa shape index (κ2) is 8.99. The van der Waals surface area contributed by atoms with Crippen molar-refractivity contribution in [3.05, 3.63) is 65.3 Å². The summed E-state index contributed by atoms with van der Waals surface area (Å²) in [5.74, 6) is 0.721. The van der Waals surface area contributed by atoms with Crippen molar-refractivity contribution in [3.63, 3.8) is 0 Å². The van der Waals surface area contributed by atoms with Crippen LogP contribution in [0, 0.1) is 6.92 Å². The van der Waals surface area contributed by atoms with Gasteiger partial charge in [0.2, 0.25) is 0 Å². The Morgan fingerprint density at radius 1 is 1.07 bits per heavy atom. The molecule has 152 valence electrons. The van der Waals surface area contributed by atoms with E-state index in [9.17, 15) is 5.11 Å². The van der Waals surface area contributed by atoms with Crippen LogP contribution in [-0.2, 0) is 0 Å². The van der Waals surface area contributed by atoms with Crippen molar-refractivity contribution in [3.8, 4) is 5.75 Å². The highest BCUT2D eigenvalue weighted by Gasteiger charge is 2.21. The third kappa shape index (κ3) is 4.99. The van der Waals surface area contributed by atoms with Gasteiger partial charge in [-0.15, -0.1) is 0 Å². The number of aliphatic hydroxyl groups excluding tert-OH is 1. The number of benzene rings is 2. The maximum absolute atomic E-state index is 10.4. The molecule has 1 N–H and O–H groups in total. The molecule has 5 nitrogen and oxygen atoms in total. The van der Waals surface area contributed by atoms with E-state index in [1.807, 2.05) is 25.1 Å². The Bertz CT molecular complexity index is 956. The molecule has 0 radical (unpaired) electrons. The summed E-state index contributed by atoms with van der Waals surface area (Å²) in [6, 6.07) is 17.7. The standard InChI is InChI=1S/C23H26ClN3O2/c1-17-14-23(21-4-2-3-5-22(21)25-17)27-12-10-26(11-13-27)15-19(28)16-29-20-8-6-18(24)7-9-20/h2-9,14,19,28H,10-13,15-16H2,1H3. The Morgan fingerprint density at radius 2 is 1.79 bits per heavy atom. The van der Waals surface area contributed by atoms with Gasteiger partial charge in [0, 0.05) is 54.5 Å². The molecule has 1 saturated heterocycles. The fourth-order valence-electron chi connectivity index (χ4n) is 3.79. The normalized spacial score (nSPS) is 16.2. The Labute approximate surface area is 176 Å². The molecule has 0 spiro atoms. The highest BCUT2D eigenvalue weighted by Crippen LogP contribution is 2.27. The molecule has 0 aliphatic carbocycles. The minimum atomic E-state index is -0.527. The Balaban J connectivity index is 1.31. The van der Waals surface area contributed by atoms with E-state index in [2.05, 4.69) is 39.0 Å². The van der Waals surface area contributed by atoms with Crippen molar-refractivity contribution in [2.24, 2.45) is 0 Å². The molecule has 2 heterocycles. The molecule has 0 bridgehead atoms. The first-order valence-corrected chi connectivity index (χ1v) is 10.4. The number of aliphatic hydroxyl groups is 1. The summed E-state index contributed by atoms with van der Waals surface area (Å²) in [5.41, 5.74) is 3.33. The number of β-amino-alcohol motifs (C(OH)–C–C–N with tert-alkyl or cyclic N) is 1. The Morgan fingerprint density at radius 3 is 2.55 bits per heavy atom. The van der Waals surface area contributed by atoms with Gasteiger partial charge in [0.15, 0.2) is 0 Å². The average Bonchev–Trinajstić information content (AvgIpc) is 2.73. The van der Waals surface area contributed by atoms with E-state index in [1.54, 1.807) is 12.1 Å². The van der Waals surface area contributed by atoms with Gasteiger partial charge in [-0.1, -0.05) is 29.8 Å². The van der Waals surface area contributed by atoms with Crippen LogP contribution in [-0.4, -0.2) is 60.4 Å². The predicted octanol–water partition coefficient (Wildman–Crippen LogP) is 3.76. The van der Waals surface area contributed by atoms with Crippen molar-refractivity contribution in [1.29, 1.82) is 0 Å². The maximum atomic E-state index is 10.4. The molecular formula is C23H26ClN3O2. The van der Waals surface area contributed by atoms with Crippen LogP contribution in [0.2, 0.25) is 5.02 Å². The van der Waals surface area contributed by atoms with Crippen molar-refractivity contribution in [2.45, 2.75) is 13.0 Å². The van der Waals surface area contributed by atoms with Gasteiger partial charge in [0.1, 0.15) is 18.5 Å². The number of aryl methyl sites for hydroxylation is 1. The van der Waals surface area contributed by atoms with Crippen LogP contribution in [0.3, 0.4) is 0 Å². The fraction of sp³-hybridized carbons (Fsp3) is 0.348. The fourth-order valence-corrected chi connectivity index (χ4v) is 3.92. The number of para-hydroxylation sites is 1. The van der Waals surface area contributed by atoms with Crippen molar-refractivity contribution < 1.29 is 9.84 Å². The van der Waals surface area contributed by atoms with Gasteiger partial charge in [-0.25, -0.2) is 0 Å². The van der Waals surface area contributed by atoms with Gasteiger partial charge >= 0.3 is 0 Å². The van der Waals surface area contributed by atoms with E-state index in [4.69, 9.17) is 16.3 Å². The lowest BCUT2D eigenvalue weighted by Gasteiger charge is -2.37. The van der Waals surface area contributed by atoms with E-state index in [0.717, 1.165) is 43.1 Å². The quantitative estimate of drug-likeness (QED) is 0.669. The van der Waals surface area contributed by atoms with E-state index in [-0.39, 0.29) is 6.61 Å². The minimum absolute atomic E-state index is 0.274. The van der Waals surface area contributed by atoms with E-state index < -0.39 is 6.10 Å². The lowest BCUT2D eigenvalue weighted by Crippen LogP contribution is -2.49. The number of aromatic nitrogens is 1. The third-order valence-electron chi connectivity index (χ3n) is 5.26. The molecule has 4 rings (SSSR count). The number of fused-ring (bicyclic) bond motifs is 1. The molecule has 0 amide bonds. The van der Waals surface area contributed by atoms with Crippen molar-refractivity contribution in [1.82, 2.24) is 9.88 Å². The lowest BCUT2D eigenvalue weighted by molar-refractivity contribution is 0.0663. The molecule has 2 aromatic carbocycles. The number of anilines is 1. The number of piperazine rings is 1. The monoisotopic (exact) mass is 411 g/mol. The molecule has 3 aromatic rings. The van der Waals surface area contributed by atoms with Gasteiger partial charge in [0.25, 0.3) is 0 Å². The minimum Gasteiger partial charge on any atom is -0.491 e. The molecular weight excluding hydrogens is 386 g/mol. The van der Waals surface area contributed by atoms with Crippen molar-refractivity contribution >= 4 is 28.2 Å². The van der Waals surface area contributed by atoms with E-state index in [1.165, 1.54) is 11.1 Å². The molecule has 1 aliphatic heterocycles. The van der Waals surface area contributed by atoms with Gasteiger partial charge in [-0.05, 0) is 43.3 Å². The molecule has 1 unspecified atom stereocenters. The molecule has 0 saturated carbocycles. The maximum Gasteiger partial charge on any atom is 0.119 e.